The van der Waals surface area contributed by atoms with Gasteiger partial charge < -0.3 is 10.1 Å². The van der Waals surface area contributed by atoms with Crippen LogP contribution in [0.2, 0.25) is 0 Å². The monoisotopic (exact) mass is 484 g/mol. The Kier molecular flexibility index (Phi) is 7.00. The minimum Gasteiger partial charge on any atom is -0.488 e. The van der Waals surface area contributed by atoms with Gasteiger partial charge in [-0.2, -0.15) is 0 Å². The number of hydrogen-bond acceptors (Lipinski definition) is 4. The molecule has 1 aromatic heterocycles. The molecular weight excluding hydrogens is 459 g/mol. The van der Waals surface area contributed by atoms with Gasteiger partial charge in [-0.25, -0.2) is 9.38 Å². The number of carbonyl (C=O) groups is 1. The summed E-state index contributed by atoms with van der Waals surface area (Å²) in [5.74, 6) is 0.180. The fourth-order valence-electron chi connectivity index (χ4n) is 4.21. The number of para-hydroxylation sites is 2. The average molecular weight is 485 g/mol. The van der Waals surface area contributed by atoms with Gasteiger partial charge in [-0.3, -0.25) is 4.79 Å². The first-order chi connectivity index (χ1) is 17.2. The van der Waals surface area contributed by atoms with E-state index in [0.29, 0.717) is 21.9 Å². The molecule has 1 N–H and O–H groups in total. The van der Waals surface area contributed by atoms with Crippen LogP contribution in [0.1, 0.15) is 44.8 Å². The summed E-state index contributed by atoms with van der Waals surface area (Å²) in [6.07, 6.45) is 5.80. The van der Waals surface area contributed by atoms with Crippen molar-refractivity contribution in [2.75, 3.05) is 5.32 Å². The van der Waals surface area contributed by atoms with E-state index in [1.54, 1.807) is 35.8 Å². The maximum absolute atomic E-state index is 14.0. The van der Waals surface area contributed by atoms with Gasteiger partial charge in [-0.1, -0.05) is 48.5 Å². The predicted octanol–water partition coefficient (Wildman–Crippen LogP) is 7.35. The number of aryl methyl sites for hydroxylation is 1. The van der Waals surface area contributed by atoms with Gasteiger partial charge in [0.2, 0.25) is 0 Å². The van der Waals surface area contributed by atoms with Crippen molar-refractivity contribution in [1.82, 2.24) is 0 Å². The summed E-state index contributed by atoms with van der Waals surface area (Å²) < 4.78 is 19.9. The molecular formula is C29H25FN2O2S. The zero-order valence-electron chi connectivity index (χ0n) is 19.2. The molecule has 4 nitrogen and oxygen atoms in total. The van der Waals surface area contributed by atoms with E-state index in [1.807, 2.05) is 54.6 Å². The molecule has 3 aromatic carbocycles. The summed E-state index contributed by atoms with van der Waals surface area (Å²) in [5, 5.41) is 3.72. The Balaban J connectivity index is 1.42. The van der Waals surface area contributed by atoms with Crippen molar-refractivity contribution in [3.8, 4) is 5.75 Å². The smallest absolute Gasteiger partial charge is 0.259 e. The van der Waals surface area contributed by atoms with Crippen LogP contribution in [-0.4, -0.2) is 12.1 Å². The molecule has 176 valence electrons. The minimum atomic E-state index is -0.295. The number of nitrogens with one attached hydrogen (secondary N) is 1. The Morgan fingerprint density at radius 1 is 0.971 bits per heavy atom. The normalized spacial score (nSPS) is 12.9. The number of anilines is 1. The Bertz CT molecular complexity index is 1360. The van der Waals surface area contributed by atoms with Crippen molar-refractivity contribution in [1.29, 1.82) is 0 Å². The van der Waals surface area contributed by atoms with Crippen molar-refractivity contribution in [2.45, 2.75) is 32.3 Å². The van der Waals surface area contributed by atoms with Gasteiger partial charge in [0, 0.05) is 27.9 Å². The first-order valence-corrected chi connectivity index (χ1v) is 12.5. The maximum Gasteiger partial charge on any atom is 0.259 e. The molecule has 4 aromatic rings. The lowest BCUT2D eigenvalue weighted by atomic mass is 9.95. The number of thiophene rings is 1. The molecule has 0 bridgehead atoms. The molecule has 0 unspecified atom stereocenters. The van der Waals surface area contributed by atoms with E-state index in [0.717, 1.165) is 42.5 Å². The molecule has 1 aliphatic carbocycles. The van der Waals surface area contributed by atoms with Gasteiger partial charge in [0.15, 0.2) is 0 Å². The van der Waals surface area contributed by atoms with E-state index in [4.69, 9.17) is 9.73 Å². The van der Waals surface area contributed by atoms with E-state index in [9.17, 15) is 9.18 Å². The molecule has 0 saturated carbocycles. The highest BCUT2D eigenvalue weighted by Gasteiger charge is 2.25. The van der Waals surface area contributed by atoms with Gasteiger partial charge in [0.1, 0.15) is 23.2 Å². The van der Waals surface area contributed by atoms with E-state index in [2.05, 4.69) is 5.32 Å². The molecule has 0 fully saturated rings. The van der Waals surface area contributed by atoms with Crippen LogP contribution in [0, 0.1) is 5.82 Å². The summed E-state index contributed by atoms with van der Waals surface area (Å²) in [7, 11) is 0. The summed E-state index contributed by atoms with van der Waals surface area (Å²) in [5.41, 5.74) is 3.80. The lowest BCUT2D eigenvalue weighted by Crippen LogP contribution is -2.14. The maximum atomic E-state index is 14.0. The van der Waals surface area contributed by atoms with Crippen molar-refractivity contribution in [3.05, 3.63) is 112 Å². The van der Waals surface area contributed by atoms with Gasteiger partial charge in [0.05, 0.1) is 5.56 Å². The van der Waals surface area contributed by atoms with Crippen molar-refractivity contribution in [2.24, 2.45) is 4.99 Å². The summed E-state index contributed by atoms with van der Waals surface area (Å²) in [4.78, 5) is 19.3. The highest BCUT2D eigenvalue weighted by Crippen LogP contribution is 2.40. The lowest BCUT2D eigenvalue weighted by molar-refractivity contribution is 0.102. The molecule has 6 heteroatoms. The van der Waals surface area contributed by atoms with Crippen LogP contribution in [0.25, 0.3) is 0 Å². The highest BCUT2D eigenvalue weighted by atomic mass is 32.1. The molecule has 0 radical (unpaired) electrons. The lowest BCUT2D eigenvalue weighted by Gasteiger charge is -2.12. The van der Waals surface area contributed by atoms with Crippen LogP contribution in [0.3, 0.4) is 0 Å². The SMILES string of the molecule is O=C(Nc1ccccc1)c1c(N=Cc2ccccc2OCc2ccccc2F)sc2c1CCCC2. The number of carbonyl (C=O) groups excluding carboxylic acids is 1. The molecule has 0 atom stereocenters. The van der Waals surface area contributed by atoms with E-state index < -0.39 is 0 Å². The van der Waals surface area contributed by atoms with Crippen LogP contribution >= 0.6 is 11.3 Å². The Morgan fingerprint density at radius 3 is 2.57 bits per heavy atom. The van der Waals surface area contributed by atoms with Gasteiger partial charge >= 0.3 is 0 Å². The molecule has 0 spiro atoms. The third-order valence-corrected chi connectivity index (χ3v) is 7.19. The molecule has 1 amide bonds. The number of hydrogen-bond donors (Lipinski definition) is 1. The number of ether oxygens (including phenoxy) is 1. The van der Waals surface area contributed by atoms with Crippen LogP contribution in [0.4, 0.5) is 15.1 Å². The fourth-order valence-corrected chi connectivity index (χ4v) is 5.44. The predicted molar refractivity (Wildman–Crippen MR) is 140 cm³/mol. The van der Waals surface area contributed by atoms with Gasteiger partial charge in [0.25, 0.3) is 5.91 Å². The third kappa shape index (κ3) is 5.33. The molecule has 5 rings (SSSR count). The van der Waals surface area contributed by atoms with Crippen LogP contribution in [-0.2, 0) is 19.4 Å². The molecule has 35 heavy (non-hydrogen) atoms. The molecule has 0 saturated heterocycles. The number of nitrogens with zero attached hydrogens (tertiary/aromatic N) is 1. The van der Waals surface area contributed by atoms with E-state index in [-0.39, 0.29) is 18.3 Å². The fraction of sp³-hybridized carbons (Fsp3) is 0.172. The average Bonchev–Trinajstić information content (AvgIpc) is 3.26. The van der Waals surface area contributed by atoms with E-state index >= 15 is 0 Å². The first kappa shape index (κ1) is 23.0. The topological polar surface area (TPSA) is 50.7 Å². The zero-order chi connectivity index (χ0) is 24.0. The number of halogens is 1. The number of rotatable bonds is 7. The number of fused-ring (bicyclic) bond motifs is 1. The number of aliphatic imine (C=N–C) groups is 1. The van der Waals surface area contributed by atoms with Crippen molar-refractivity contribution in [3.63, 3.8) is 0 Å². The Morgan fingerprint density at radius 2 is 1.71 bits per heavy atom. The summed E-state index contributed by atoms with van der Waals surface area (Å²) in [6.45, 7) is 0.121. The molecule has 1 aliphatic rings. The summed E-state index contributed by atoms with van der Waals surface area (Å²) in [6, 6.07) is 23.6. The highest BCUT2D eigenvalue weighted by molar-refractivity contribution is 7.16. The molecule has 0 aliphatic heterocycles. The largest absolute Gasteiger partial charge is 0.488 e. The van der Waals surface area contributed by atoms with Gasteiger partial charge in [-0.15, -0.1) is 11.3 Å². The van der Waals surface area contributed by atoms with E-state index in [1.165, 1.54) is 10.9 Å². The second-order valence-electron chi connectivity index (χ2n) is 8.39. The number of benzene rings is 3. The Labute approximate surface area is 208 Å². The van der Waals surface area contributed by atoms with Gasteiger partial charge in [-0.05, 0) is 61.6 Å². The second kappa shape index (κ2) is 10.7. The molecule has 1 heterocycles. The quantitative estimate of drug-likeness (QED) is 0.279. The van der Waals surface area contributed by atoms with Crippen LogP contribution in [0.5, 0.6) is 5.75 Å². The number of amides is 1. The minimum absolute atomic E-state index is 0.121. The first-order valence-electron chi connectivity index (χ1n) is 11.7. The Hall–Kier alpha value is -3.77. The van der Waals surface area contributed by atoms with Crippen LogP contribution in [0.15, 0.2) is 83.9 Å². The van der Waals surface area contributed by atoms with Crippen LogP contribution < -0.4 is 10.1 Å². The zero-order valence-corrected chi connectivity index (χ0v) is 20.0. The van der Waals surface area contributed by atoms with Crippen molar-refractivity contribution >= 4 is 34.1 Å². The summed E-state index contributed by atoms with van der Waals surface area (Å²) >= 11 is 1.59. The standard InChI is InChI=1S/C29H25FN2O2S/c30-24-15-7-4-11-21(24)19-34-25-16-8-5-10-20(25)18-31-29-27(23-14-6-9-17-26(23)35-29)28(33)32-22-12-2-1-3-13-22/h1-5,7-8,10-13,15-16,18H,6,9,14,17,19H2,(H,32,33). The third-order valence-electron chi connectivity index (χ3n) is 5.99. The second-order valence-corrected chi connectivity index (χ2v) is 9.47. The van der Waals surface area contributed by atoms with Crippen molar-refractivity contribution < 1.29 is 13.9 Å².